The van der Waals surface area contributed by atoms with Crippen LogP contribution in [0.3, 0.4) is 0 Å². The minimum Gasteiger partial charge on any atom is -0.486 e. The summed E-state index contributed by atoms with van der Waals surface area (Å²) in [6.45, 7) is 0.424. The number of hydrogen-bond acceptors (Lipinski definition) is 5. The molecule has 1 aliphatic rings. The Morgan fingerprint density at radius 3 is 2.79 bits per heavy atom. The van der Waals surface area contributed by atoms with E-state index in [0.29, 0.717) is 28.1 Å². The molecule has 0 saturated heterocycles. The second kappa shape index (κ2) is 6.75. The molecule has 3 heterocycles. The standard InChI is InChI=1S/C20H14ClN5O3/c21-12-6-7-15-14(8-12)19-24-23-17(10-29-13-4-2-1-3-5-13)25(19)9-16-18(20(27)28)22-11-26(15)16/h1-8,11H,9-10H2,(H,27,28). The topological polar surface area (TPSA) is 95.1 Å². The summed E-state index contributed by atoms with van der Waals surface area (Å²) in [5.74, 6) is 0.779. The van der Waals surface area contributed by atoms with E-state index in [1.54, 1.807) is 16.7 Å². The van der Waals surface area contributed by atoms with Crippen LogP contribution in [0.2, 0.25) is 5.02 Å². The van der Waals surface area contributed by atoms with E-state index in [1.165, 1.54) is 6.33 Å². The number of hydrogen-bond donors (Lipinski definition) is 1. The van der Waals surface area contributed by atoms with Crippen LogP contribution in [0.1, 0.15) is 22.0 Å². The Morgan fingerprint density at radius 2 is 2.00 bits per heavy atom. The summed E-state index contributed by atoms with van der Waals surface area (Å²) >= 11 is 6.23. The highest BCUT2D eigenvalue weighted by atomic mass is 35.5. The number of carboxylic acid groups (broad SMARTS) is 1. The Labute approximate surface area is 170 Å². The number of para-hydroxylation sites is 1. The fourth-order valence-corrected chi connectivity index (χ4v) is 3.60. The Balaban J connectivity index is 1.64. The maximum Gasteiger partial charge on any atom is 0.356 e. The number of carbonyl (C=O) groups is 1. The molecule has 4 aromatic rings. The summed E-state index contributed by atoms with van der Waals surface area (Å²) in [5, 5.41) is 18.7. The first-order chi connectivity index (χ1) is 14.1. The van der Waals surface area contributed by atoms with Crippen LogP contribution in [0.5, 0.6) is 5.75 Å². The van der Waals surface area contributed by atoms with Gasteiger partial charge in [0.15, 0.2) is 17.3 Å². The first-order valence-electron chi connectivity index (χ1n) is 8.81. The number of benzene rings is 2. The zero-order chi connectivity index (χ0) is 20.0. The van der Waals surface area contributed by atoms with E-state index in [0.717, 1.165) is 11.3 Å². The molecule has 0 atom stereocenters. The summed E-state index contributed by atoms with van der Waals surface area (Å²) in [5.41, 5.74) is 2.00. The first-order valence-corrected chi connectivity index (χ1v) is 9.19. The molecule has 0 aliphatic carbocycles. The van der Waals surface area contributed by atoms with Crippen molar-refractivity contribution in [3.63, 3.8) is 0 Å². The quantitative estimate of drug-likeness (QED) is 0.490. The number of halogens is 1. The Kier molecular flexibility index (Phi) is 4.06. The minimum atomic E-state index is -1.09. The van der Waals surface area contributed by atoms with Crippen LogP contribution < -0.4 is 4.74 Å². The van der Waals surface area contributed by atoms with Crippen molar-refractivity contribution in [1.29, 1.82) is 0 Å². The molecule has 0 bridgehead atoms. The highest BCUT2D eigenvalue weighted by Gasteiger charge is 2.28. The summed E-state index contributed by atoms with van der Waals surface area (Å²) in [7, 11) is 0. The molecule has 8 nitrogen and oxygen atoms in total. The van der Waals surface area contributed by atoms with Crippen LogP contribution in [0, 0.1) is 0 Å². The molecule has 1 aliphatic heterocycles. The number of nitrogens with zero attached hydrogens (tertiary/aromatic N) is 5. The highest BCUT2D eigenvalue weighted by molar-refractivity contribution is 6.31. The van der Waals surface area contributed by atoms with E-state index >= 15 is 0 Å². The number of ether oxygens (including phenoxy) is 1. The van der Waals surface area contributed by atoms with Crippen molar-refractivity contribution in [1.82, 2.24) is 24.3 Å². The number of imidazole rings is 1. The van der Waals surface area contributed by atoms with Crippen molar-refractivity contribution in [3.8, 4) is 22.8 Å². The van der Waals surface area contributed by atoms with Gasteiger partial charge < -0.3 is 14.4 Å². The summed E-state index contributed by atoms with van der Waals surface area (Å²) in [6, 6.07) is 14.7. The van der Waals surface area contributed by atoms with E-state index in [4.69, 9.17) is 16.3 Å². The lowest BCUT2D eigenvalue weighted by atomic mass is 10.1. The van der Waals surface area contributed by atoms with Gasteiger partial charge in [-0.05, 0) is 30.3 Å². The highest BCUT2D eigenvalue weighted by Crippen LogP contribution is 2.34. The zero-order valence-electron chi connectivity index (χ0n) is 15.0. The molecule has 0 radical (unpaired) electrons. The molecule has 9 heteroatoms. The smallest absolute Gasteiger partial charge is 0.356 e. The van der Waals surface area contributed by atoms with Crippen LogP contribution in [0.15, 0.2) is 54.9 Å². The van der Waals surface area contributed by atoms with Crippen molar-refractivity contribution >= 4 is 17.6 Å². The van der Waals surface area contributed by atoms with Gasteiger partial charge in [-0.1, -0.05) is 29.8 Å². The molecule has 2 aromatic heterocycles. The van der Waals surface area contributed by atoms with E-state index < -0.39 is 5.97 Å². The fourth-order valence-electron chi connectivity index (χ4n) is 3.43. The summed E-state index contributed by atoms with van der Waals surface area (Å²) in [4.78, 5) is 15.8. The normalized spacial score (nSPS) is 11.9. The third kappa shape index (κ3) is 2.94. The molecule has 5 rings (SSSR count). The summed E-state index contributed by atoms with van der Waals surface area (Å²) < 4.78 is 9.42. The van der Waals surface area contributed by atoms with Crippen molar-refractivity contribution in [2.75, 3.05) is 0 Å². The van der Waals surface area contributed by atoms with Gasteiger partial charge in [-0.2, -0.15) is 0 Å². The number of aromatic nitrogens is 5. The second-order valence-electron chi connectivity index (χ2n) is 6.50. The number of fused-ring (bicyclic) bond motifs is 5. The van der Waals surface area contributed by atoms with E-state index in [2.05, 4.69) is 15.2 Å². The lowest BCUT2D eigenvalue weighted by molar-refractivity contribution is 0.0689. The predicted molar refractivity (Wildman–Crippen MR) is 104 cm³/mol. The van der Waals surface area contributed by atoms with Crippen molar-refractivity contribution in [2.45, 2.75) is 13.2 Å². The van der Waals surface area contributed by atoms with E-state index in [-0.39, 0.29) is 18.8 Å². The van der Waals surface area contributed by atoms with Crippen molar-refractivity contribution in [3.05, 3.63) is 77.1 Å². The van der Waals surface area contributed by atoms with Gasteiger partial charge in [0, 0.05) is 10.6 Å². The lowest BCUT2D eigenvalue weighted by Gasteiger charge is -2.09. The summed E-state index contributed by atoms with van der Waals surface area (Å²) in [6.07, 6.45) is 1.51. The molecular weight excluding hydrogens is 394 g/mol. The van der Waals surface area contributed by atoms with Crippen LogP contribution in [0.25, 0.3) is 17.1 Å². The molecule has 1 N–H and O–H groups in total. The third-order valence-electron chi connectivity index (χ3n) is 4.77. The molecule has 0 fully saturated rings. The van der Waals surface area contributed by atoms with Gasteiger partial charge in [-0.3, -0.25) is 4.57 Å². The van der Waals surface area contributed by atoms with Crippen molar-refractivity contribution < 1.29 is 14.6 Å². The average Bonchev–Trinajstić information content (AvgIpc) is 3.29. The SMILES string of the molecule is O=C(O)c1ncn2c1Cn1c(COc3ccccc3)nnc1-c1cc(Cl)ccc1-2. The van der Waals surface area contributed by atoms with Gasteiger partial charge in [0.1, 0.15) is 18.7 Å². The zero-order valence-corrected chi connectivity index (χ0v) is 15.7. The van der Waals surface area contributed by atoms with E-state index in [9.17, 15) is 9.90 Å². The third-order valence-corrected chi connectivity index (χ3v) is 5.01. The van der Waals surface area contributed by atoms with Gasteiger partial charge in [0.05, 0.1) is 17.9 Å². The van der Waals surface area contributed by atoms with Gasteiger partial charge >= 0.3 is 5.97 Å². The van der Waals surface area contributed by atoms with Crippen molar-refractivity contribution in [2.24, 2.45) is 0 Å². The molecule has 29 heavy (non-hydrogen) atoms. The minimum absolute atomic E-state index is 0.0117. The molecule has 0 unspecified atom stereocenters. The predicted octanol–water partition coefficient (Wildman–Crippen LogP) is 3.42. The lowest BCUT2D eigenvalue weighted by Crippen LogP contribution is -2.12. The molecule has 2 aromatic carbocycles. The largest absolute Gasteiger partial charge is 0.486 e. The number of carboxylic acids is 1. The molecule has 0 spiro atoms. The Morgan fingerprint density at radius 1 is 1.17 bits per heavy atom. The molecule has 0 amide bonds. The van der Waals surface area contributed by atoms with Gasteiger partial charge in [-0.15, -0.1) is 10.2 Å². The van der Waals surface area contributed by atoms with Crippen LogP contribution in [0.4, 0.5) is 0 Å². The molecule has 144 valence electrons. The maximum absolute atomic E-state index is 11.7. The van der Waals surface area contributed by atoms with E-state index in [1.807, 2.05) is 41.0 Å². The van der Waals surface area contributed by atoms with Gasteiger partial charge in [-0.25, -0.2) is 9.78 Å². The number of aromatic carboxylic acids is 1. The average molecular weight is 408 g/mol. The number of rotatable bonds is 4. The fraction of sp³-hybridized carbons (Fsp3) is 0.100. The second-order valence-corrected chi connectivity index (χ2v) is 6.94. The van der Waals surface area contributed by atoms with Gasteiger partial charge in [0.25, 0.3) is 0 Å². The first kappa shape index (κ1) is 17.4. The molecule has 0 saturated carbocycles. The maximum atomic E-state index is 11.7. The Bertz CT molecular complexity index is 1230. The molecular formula is C20H14ClN5O3. The van der Waals surface area contributed by atoms with Crippen LogP contribution >= 0.6 is 11.6 Å². The van der Waals surface area contributed by atoms with Crippen LogP contribution in [-0.2, 0) is 13.2 Å². The monoisotopic (exact) mass is 407 g/mol. The van der Waals surface area contributed by atoms with Crippen LogP contribution in [-0.4, -0.2) is 35.4 Å². The Hall–Kier alpha value is -3.65. The van der Waals surface area contributed by atoms with Gasteiger partial charge in [0.2, 0.25) is 0 Å².